The molecule has 0 aliphatic rings. The first-order valence-corrected chi connectivity index (χ1v) is 3.25. The van der Waals surface area contributed by atoms with Gasteiger partial charge >= 0.3 is 6.09 Å². The third kappa shape index (κ3) is 6.63. The maximum absolute atomic E-state index is 10.6. The molecule has 0 heterocycles. The molecule has 0 fully saturated rings. The quantitative estimate of drug-likeness (QED) is 0.589. The Morgan fingerprint density at radius 1 is 1.55 bits per heavy atom. The number of carbonyl (C=O) groups excluding carboxylic acids is 2. The van der Waals surface area contributed by atoms with E-state index in [1.165, 1.54) is 0 Å². The standard InChI is InChI=1S/C6H12N2O3/c1-4(2)11-6(10)8-3-5(7)9/h4H,3H2,1-2H3,(H2,7,9)(H,8,10). The zero-order chi connectivity index (χ0) is 8.85. The summed E-state index contributed by atoms with van der Waals surface area (Å²) < 4.78 is 4.64. The highest BCUT2D eigenvalue weighted by Gasteiger charge is 2.04. The number of nitrogens with two attached hydrogens (primary N) is 1. The summed E-state index contributed by atoms with van der Waals surface area (Å²) in [6, 6.07) is 0. The molecule has 0 rings (SSSR count). The third-order valence-electron chi connectivity index (χ3n) is 0.750. The van der Waals surface area contributed by atoms with E-state index in [0.29, 0.717) is 0 Å². The van der Waals surface area contributed by atoms with Gasteiger partial charge in [-0.15, -0.1) is 0 Å². The normalized spacial score (nSPS) is 9.36. The first kappa shape index (κ1) is 9.74. The topological polar surface area (TPSA) is 81.4 Å². The van der Waals surface area contributed by atoms with E-state index in [1.807, 2.05) is 0 Å². The van der Waals surface area contributed by atoms with Gasteiger partial charge in [0.25, 0.3) is 0 Å². The highest BCUT2D eigenvalue weighted by Crippen LogP contribution is 1.86. The molecule has 3 N–H and O–H groups in total. The van der Waals surface area contributed by atoms with Crippen molar-refractivity contribution in [3.8, 4) is 0 Å². The number of amides is 2. The number of nitrogens with one attached hydrogen (secondary N) is 1. The summed E-state index contributed by atoms with van der Waals surface area (Å²) in [5.74, 6) is -0.592. The molecule has 0 aliphatic carbocycles. The van der Waals surface area contributed by atoms with E-state index in [2.05, 4.69) is 10.1 Å². The van der Waals surface area contributed by atoms with Crippen LogP contribution in [0.25, 0.3) is 0 Å². The molecular weight excluding hydrogens is 148 g/mol. The van der Waals surface area contributed by atoms with E-state index in [9.17, 15) is 9.59 Å². The Labute approximate surface area is 64.9 Å². The largest absolute Gasteiger partial charge is 0.447 e. The van der Waals surface area contributed by atoms with Crippen LogP contribution in [0.5, 0.6) is 0 Å². The smallest absolute Gasteiger partial charge is 0.407 e. The van der Waals surface area contributed by atoms with Crippen molar-refractivity contribution >= 4 is 12.0 Å². The number of primary amides is 1. The molecule has 5 heteroatoms. The van der Waals surface area contributed by atoms with Crippen LogP contribution in [-0.2, 0) is 9.53 Å². The van der Waals surface area contributed by atoms with Gasteiger partial charge in [-0.3, -0.25) is 4.79 Å². The number of hydrogen-bond donors (Lipinski definition) is 2. The Hall–Kier alpha value is -1.26. The first-order chi connectivity index (χ1) is 5.02. The second-order valence-electron chi connectivity index (χ2n) is 2.27. The van der Waals surface area contributed by atoms with Gasteiger partial charge in [0.2, 0.25) is 5.91 Å². The fraction of sp³-hybridized carbons (Fsp3) is 0.667. The molecule has 0 saturated carbocycles. The lowest BCUT2D eigenvalue weighted by atomic mass is 10.5. The molecule has 0 aromatic heterocycles. The van der Waals surface area contributed by atoms with Crippen LogP contribution >= 0.6 is 0 Å². The lowest BCUT2D eigenvalue weighted by Gasteiger charge is -2.07. The summed E-state index contributed by atoms with van der Waals surface area (Å²) in [7, 11) is 0. The van der Waals surface area contributed by atoms with Gasteiger partial charge in [-0.05, 0) is 13.8 Å². The molecule has 0 atom stereocenters. The van der Waals surface area contributed by atoms with Gasteiger partial charge in [-0.1, -0.05) is 0 Å². The predicted octanol–water partition coefficient (Wildman–Crippen LogP) is -0.394. The second kappa shape index (κ2) is 4.54. The van der Waals surface area contributed by atoms with Crippen molar-refractivity contribution in [3.63, 3.8) is 0 Å². The van der Waals surface area contributed by atoms with Crippen molar-refractivity contribution in [2.45, 2.75) is 20.0 Å². The van der Waals surface area contributed by atoms with Crippen molar-refractivity contribution in [1.82, 2.24) is 5.32 Å². The van der Waals surface area contributed by atoms with Crippen LogP contribution in [0.1, 0.15) is 13.8 Å². The summed E-state index contributed by atoms with van der Waals surface area (Å²) in [5, 5.41) is 2.18. The summed E-state index contributed by atoms with van der Waals surface area (Å²) in [6.07, 6.45) is -0.818. The SMILES string of the molecule is CC(C)OC(=O)NCC(N)=O. The summed E-state index contributed by atoms with van der Waals surface area (Å²) in [6.45, 7) is 3.24. The highest BCUT2D eigenvalue weighted by molar-refractivity contribution is 5.80. The average molecular weight is 160 g/mol. The zero-order valence-corrected chi connectivity index (χ0v) is 6.59. The summed E-state index contributed by atoms with van der Waals surface area (Å²) in [5.41, 5.74) is 4.76. The van der Waals surface area contributed by atoms with E-state index in [0.717, 1.165) is 0 Å². The van der Waals surface area contributed by atoms with Crippen LogP contribution in [0, 0.1) is 0 Å². The maximum atomic E-state index is 10.6. The molecule has 0 aliphatic heterocycles. The molecule has 0 aromatic rings. The molecule has 0 radical (unpaired) electrons. The minimum absolute atomic E-state index is 0.189. The fourth-order valence-electron chi connectivity index (χ4n) is 0.415. The molecule has 2 amide bonds. The van der Waals surface area contributed by atoms with Crippen LogP contribution in [0.2, 0.25) is 0 Å². The number of rotatable bonds is 3. The van der Waals surface area contributed by atoms with Crippen LogP contribution in [0.4, 0.5) is 4.79 Å². The molecule has 5 nitrogen and oxygen atoms in total. The van der Waals surface area contributed by atoms with Gasteiger partial charge in [-0.2, -0.15) is 0 Å². The molecule has 0 spiro atoms. The Morgan fingerprint density at radius 2 is 2.09 bits per heavy atom. The number of alkyl carbamates (subject to hydrolysis) is 1. The van der Waals surface area contributed by atoms with E-state index >= 15 is 0 Å². The molecule has 0 aromatic carbocycles. The molecule has 0 bridgehead atoms. The van der Waals surface area contributed by atoms with Gasteiger partial charge in [0.05, 0.1) is 12.6 Å². The van der Waals surface area contributed by atoms with Crippen LogP contribution < -0.4 is 11.1 Å². The average Bonchev–Trinajstić information content (AvgIpc) is 1.82. The van der Waals surface area contributed by atoms with Gasteiger partial charge in [0.1, 0.15) is 0 Å². The van der Waals surface area contributed by atoms with Crippen molar-refractivity contribution < 1.29 is 14.3 Å². The minimum atomic E-state index is -0.626. The van der Waals surface area contributed by atoms with Gasteiger partial charge in [-0.25, -0.2) is 4.79 Å². The van der Waals surface area contributed by atoms with Crippen molar-refractivity contribution in [1.29, 1.82) is 0 Å². The predicted molar refractivity (Wildman–Crippen MR) is 38.8 cm³/mol. The van der Waals surface area contributed by atoms with Gasteiger partial charge in [0, 0.05) is 0 Å². The Balaban J connectivity index is 3.45. The van der Waals surface area contributed by atoms with Crippen molar-refractivity contribution in [2.24, 2.45) is 5.73 Å². The number of carbonyl (C=O) groups is 2. The van der Waals surface area contributed by atoms with Crippen LogP contribution in [0.3, 0.4) is 0 Å². The lowest BCUT2D eigenvalue weighted by molar-refractivity contribution is -0.117. The van der Waals surface area contributed by atoms with E-state index < -0.39 is 12.0 Å². The Kier molecular flexibility index (Phi) is 4.02. The van der Waals surface area contributed by atoms with Gasteiger partial charge < -0.3 is 15.8 Å². The Morgan fingerprint density at radius 3 is 2.45 bits per heavy atom. The monoisotopic (exact) mass is 160 g/mol. The minimum Gasteiger partial charge on any atom is -0.447 e. The Bertz CT molecular complexity index is 156. The third-order valence-corrected chi connectivity index (χ3v) is 0.750. The molecule has 64 valence electrons. The van der Waals surface area contributed by atoms with Crippen LogP contribution in [-0.4, -0.2) is 24.6 Å². The van der Waals surface area contributed by atoms with Gasteiger partial charge in [0.15, 0.2) is 0 Å². The van der Waals surface area contributed by atoms with E-state index in [1.54, 1.807) is 13.8 Å². The fourth-order valence-corrected chi connectivity index (χ4v) is 0.415. The first-order valence-electron chi connectivity index (χ1n) is 3.25. The summed E-state index contributed by atoms with van der Waals surface area (Å²) >= 11 is 0. The van der Waals surface area contributed by atoms with Crippen molar-refractivity contribution in [2.75, 3.05) is 6.54 Å². The van der Waals surface area contributed by atoms with E-state index in [4.69, 9.17) is 5.73 Å². The van der Waals surface area contributed by atoms with Crippen LogP contribution in [0.15, 0.2) is 0 Å². The highest BCUT2D eigenvalue weighted by atomic mass is 16.6. The molecule has 0 saturated heterocycles. The zero-order valence-electron chi connectivity index (χ0n) is 6.59. The number of ether oxygens (including phenoxy) is 1. The number of hydrogen-bond acceptors (Lipinski definition) is 3. The summed E-state index contributed by atoms with van der Waals surface area (Å²) in [4.78, 5) is 20.8. The molecule has 0 unspecified atom stereocenters. The second-order valence-corrected chi connectivity index (χ2v) is 2.27. The molecule has 11 heavy (non-hydrogen) atoms. The maximum Gasteiger partial charge on any atom is 0.407 e. The van der Waals surface area contributed by atoms with Crippen molar-refractivity contribution in [3.05, 3.63) is 0 Å². The van der Waals surface area contributed by atoms with E-state index in [-0.39, 0.29) is 12.6 Å². The molecular formula is C6H12N2O3. The lowest BCUT2D eigenvalue weighted by Crippen LogP contribution is -2.34.